The summed E-state index contributed by atoms with van der Waals surface area (Å²) in [5.74, 6) is 0.511. The minimum absolute atomic E-state index is 0.511. The van der Waals surface area contributed by atoms with E-state index in [0.717, 1.165) is 12.7 Å². The molecule has 0 bridgehead atoms. The van der Waals surface area contributed by atoms with Crippen LogP contribution in [0.3, 0.4) is 0 Å². The molecule has 1 heteroatoms. The fraction of sp³-hybridized carbons (Fsp3) is 0.500. The summed E-state index contributed by atoms with van der Waals surface area (Å²) < 4.78 is 0. The Hall–Kier alpha value is -0.850. The van der Waals surface area contributed by atoms with Crippen LogP contribution in [0, 0.1) is 5.92 Å². The zero-order valence-corrected chi connectivity index (χ0v) is 7.29. The molecule has 0 amide bonds. The number of hydrogen-bond acceptors (Lipinski definition) is 1. The van der Waals surface area contributed by atoms with Crippen molar-refractivity contribution in [3.8, 4) is 0 Å². The first-order valence-electron chi connectivity index (χ1n) is 4.04. The molecule has 0 aromatic heterocycles. The number of hydrogen-bond donors (Lipinski definition) is 0. The lowest BCUT2D eigenvalue weighted by atomic mass is 10.1. The summed E-state index contributed by atoms with van der Waals surface area (Å²) in [6.45, 7) is 4.10. The summed E-state index contributed by atoms with van der Waals surface area (Å²) in [4.78, 5) is 10.0. The van der Waals surface area contributed by atoms with Gasteiger partial charge >= 0.3 is 0 Å². The molecule has 0 rings (SSSR count). The van der Waals surface area contributed by atoms with Gasteiger partial charge in [-0.3, -0.25) is 0 Å². The van der Waals surface area contributed by atoms with E-state index in [4.69, 9.17) is 0 Å². The van der Waals surface area contributed by atoms with Gasteiger partial charge in [0.05, 0.1) is 0 Å². The molecule has 1 atom stereocenters. The van der Waals surface area contributed by atoms with Crippen LogP contribution >= 0.6 is 0 Å². The molecule has 62 valence electrons. The molecule has 0 saturated heterocycles. The summed E-state index contributed by atoms with van der Waals surface area (Å²) in [5.41, 5.74) is 0. The van der Waals surface area contributed by atoms with Crippen molar-refractivity contribution in [3.05, 3.63) is 24.3 Å². The maximum Gasteiger partial charge on any atom is 0.120 e. The number of rotatable bonds is 5. The van der Waals surface area contributed by atoms with Gasteiger partial charge < -0.3 is 4.79 Å². The van der Waals surface area contributed by atoms with E-state index in [1.54, 1.807) is 0 Å². The molecule has 0 saturated carbocycles. The van der Waals surface area contributed by atoms with Crippen molar-refractivity contribution >= 4 is 6.29 Å². The van der Waals surface area contributed by atoms with Crippen molar-refractivity contribution < 1.29 is 4.79 Å². The van der Waals surface area contributed by atoms with Crippen LogP contribution in [-0.4, -0.2) is 6.29 Å². The molecule has 1 unspecified atom stereocenters. The molecule has 0 heterocycles. The second-order valence-electron chi connectivity index (χ2n) is 2.63. The second kappa shape index (κ2) is 7.26. The van der Waals surface area contributed by atoms with E-state index >= 15 is 0 Å². The highest BCUT2D eigenvalue weighted by atomic mass is 16.1. The van der Waals surface area contributed by atoms with Crippen molar-refractivity contribution in [1.82, 2.24) is 0 Å². The molecule has 0 fully saturated rings. The molecular weight excluding hydrogens is 136 g/mol. The Kier molecular flexibility index (Phi) is 6.70. The van der Waals surface area contributed by atoms with Crippen molar-refractivity contribution in [2.45, 2.75) is 26.7 Å². The first-order valence-corrected chi connectivity index (χ1v) is 4.04. The van der Waals surface area contributed by atoms with Gasteiger partial charge in [0, 0.05) is 6.42 Å². The van der Waals surface area contributed by atoms with Crippen molar-refractivity contribution in [3.63, 3.8) is 0 Å². The van der Waals surface area contributed by atoms with Crippen molar-refractivity contribution in [2.75, 3.05) is 0 Å². The van der Waals surface area contributed by atoms with Crippen LogP contribution in [-0.2, 0) is 4.79 Å². The quantitative estimate of drug-likeness (QED) is 0.437. The van der Waals surface area contributed by atoms with Gasteiger partial charge in [-0.05, 0) is 19.3 Å². The second-order valence-corrected chi connectivity index (χ2v) is 2.63. The van der Waals surface area contributed by atoms with Gasteiger partial charge in [0.15, 0.2) is 0 Å². The molecular formula is C10H16O. The van der Waals surface area contributed by atoms with Gasteiger partial charge in [0.25, 0.3) is 0 Å². The third-order valence-corrected chi connectivity index (χ3v) is 1.48. The zero-order valence-electron chi connectivity index (χ0n) is 7.29. The molecule has 0 spiro atoms. The molecule has 0 radical (unpaired) electrons. The largest absolute Gasteiger partial charge is 0.303 e. The lowest BCUT2D eigenvalue weighted by Gasteiger charge is -1.99. The summed E-state index contributed by atoms with van der Waals surface area (Å²) in [7, 11) is 0. The highest BCUT2D eigenvalue weighted by Gasteiger charge is 1.93. The Morgan fingerprint density at radius 3 is 2.64 bits per heavy atom. The average molecular weight is 152 g/mol. The highest BCUT2D eigenvalue weighted by Crippen LogP contribution is 2.05. The summed E-state index contributed by atoms with van der Waals surface area (Å²) in [5, 5.41) is 0. The Morgan fingerprint density at radius 2 is 2.09 bits per heavy atom. The number of carbonyl (C=O) groups is 1. The molecule has 0 aliphatic rings. The van der Waals surface area contributed by atoms with Crippen LogP contribution in [0.25, 0.3) is 0 Å². The first-order chi connectivity index (χ1) is 5.31. The van der Waals surface area contributed by atoms with E-state index < -0.39 is 0 Å². The molecule has 0 aromatic rings. The minimum atomic E-state index is 0.511. The monoisotopic (exact) mass is 152 g/mol. The molecule has 11 heavy (non-hydrogen) atoms. The predicted octanol–water partition coefficient (Wildman–Crippen LogP) is 2.73. The van der Waals surface area contributed by atoms with E-state index in [9.17, 15) is 4.79 Å². The van der Waals surface area contributed by atoms with E-state index in [-0.39, 0.29) is 0 Å². The first kappa shape index (κ1) is 10.2. The van der Waals surface area contributed by atoms with Crippen LogP contribution in [0.1, 0.15) is 26.7 Å². The Morgan fingerprint density at radius 1 is 1.36 bits per heavy atom. The molecule has 0 aromatic carbocycles. The van der Waals surface area contributed by atoms with Gasteiger partial charge in [-0.1, -0.05) is 31.2 Å². The molecule has 0 aliphatic heterocycles. The molecule has 0 aliphatic carbocycles. The fourth-order valence-corrected chi connectivity index (χ4v) is 0.792. The van der Waals surface area contributed by atoms with E-state index in [1.165, 1.54) is 0 Å². The summed E-state index contributed by atoms with van der Waals surface area (Å²) in [6.07, 6.45) is 10.7. The van der Waals surface area contributed by atoms with Crippen LogP contribution in [0.15, 0.2) is 24.3 Å². The van der Waals surface area contributed by atoms with Crippen molar-refractivity contribution in [1.29, 1.82) is 0 Å². The SMILES string of the molecule is C/C=C\C=C/C(C)CCC=O. The highest BCUT2D eigenvalue weighted by molar-refractivity contribution is 5.49. The predicted molar refractivity (Wildman–Crippen MR) is 48.4 cm³/mol. The number of allylic oxidation sites excluding steroid dienone is 4. The fourth-order valence-electron chi connectivity index (χ4n) is 0.792. The third-order valence-electron chi connectivity index (χ3n) is 1.48. The molecule has 1 nitrogen and oxygen atoms in total. The van der Waals surface area contributed by atoms with Crippen LogP contribution in [0.5, 0.6) is 0 Å². The maximum absolute atomic E-state index is 10.0. The Balaban J connectivity index is 3.49. The van der Waals surface area contributed by atoms with Crippen LogP contribution < -0.4 is 0 Å². The van der Waals surface area contributed by atoms with E-state index in [1.807, 2.05) is 25.2 Å². The normalized spacial score (nSPS) is 14.4. The Labute approximate surface area is 68.8 Å². The smallest absolute Gasteiger partial charge is 0.120 e. The lowest BCUT2D eigenvalue weighted by Crippen LogP contribution is -1.88. The topological polar surface area (TPSA) is 17.1 Å². The van der Waals surface area contributed by atoms with Gasteiger partial charge in [0.1, 0.15) is 6.29 Å². The average Bonchev–Trinajstić information content (AvgIpc) is 2.01. The van der Waals surface area contributed by atoms with E-state index in [0.29, 0.717) is 12.3 Å². The van der Waals surface area contributed by atoms with Gasteiger partial charge in [-0.15, -0.1) is 0 Å². The molecule has 0 N–H and O–H groups in total. The minimum Gasteiger partial charge on any atom is -0.303 e. The maximum atomic E-state index is 10.0. The zero-order chi connectivity index (χ0) is 8.53. The van der Waals surface area contributed by atoms with Crippen molar-refractivity contribution in [2.24, 2.45) is 5.92 Å². The summed E-state index contributed by atoms with van der Waals surface area (Å²) in [6, 6.07) is 0. The van der Waals surface area contributed by atoms with Crippen LogP contribution in [0.4, 0.5) is 0 Å². The summed E-state index contributed by atoms with van der Waals surface area (Å²) >= 11 is 0. The standard InChI is InChI=1S/C10H16O/c1-3-4-5-7-10(2)8-6-9-11/h3-5,7,9-10H,6,8H2,1-2H3/b4-3-,7-5-. The van der Waals surface area contributed by atoms with Gasteiger partial charge in [0.2, 0.25) is 0 Å². The van der Waals surface area contributed by atoms with Crippen LogP contribution in [0.2, 0.25) is 0 Å². The number of carbonyl (C=O) groups excluding carboxylic acids is 1. The number of aldehydes is 1. The van der Waals surface area contributed by atoms with Gasteiger partial charge in [-0.25, -0.2) is 0 Å². The van der Waals surface area contributed by atoms with E-state index in [2.05, 4.69) is 13.0 Å². The lowest BCUT2D eigenvalue weighted by molar-refractivity contribution is -0.108. The third kappa shape index (κ3) is 7.04. The Bertz CT molecular complexity index is 145. The van der Waals surface area contributed by atoms with Gasteiger partial charge in [-0.2, -0.15) is 0 Å².